The number of carbonyl (C=O) groups excluding carboxylic acids is 1. The monoisotopic (exact) mass is 417 g/mol. The van der Waals surface area contributed by atoms with Crippen LogP contribution in [0.5, 0.6) is 0 Å². The van der Waals surface area contributed by atoms with Crippen molar-refractivity contribution in [2.45, 2.75) is 13.1 Å². The van der Waals surface area contributed by atoms with E-state index in [9.17, 15) is 13.6 Å². The first-order valence-electron chi connectivity index (χ1n) is 9.35. The van der Waals surface area contributed by atoms with Crippen LogP contribution in [0.3, 0.4) is 0 Å². The molecule has 1 aromatic carbocycles. The van der Waals surface area contributed by atoms with Crippen molar-refractivity contribution in [1.29, 1.82) is 0 Å². The third-order valence-corrected chi connectivity index (χ3v) is 5.72. The summed E-state index contributed by atoms with van der Waals surface area (Å²) in [5.74, 6) is -1.33. The molecule has 6 nitrogen and oxygen atoms in total. The SMILES string of the molecule is O=C(NCc1cnn(-c2ccc(F)cc2F)c1)N1CCN(Cc2cccs2)CC1. The standard InChI is InChI=1S/C20H21F2N5OS/c21-16-3-4-19(18(22)10-16)27-13-15(12-24-27)11-23-20(28)26-7-5-25(6-8-26)14-17-2-1-9-29-17/h1-4,9-10,12-13H,5-8,11,14H2,(H,23,28). The maximum atomic E-state index is 13.9. The number of benzene rings is 1. The van der Waals surface area contributed by atoms with Crippen molar-refractivity contribution < 1.29 is 13.6 Å². The number of thiophene rings is 1. The van der Waals surface area contributed by atoms with Crippen molar-refractivity contribution in [3.63, 3.8) is 0 Å². The molecule has 0 aliphatic carbocycles. The van der Waals surface area contributed by atoms with Gasteiger partial charge in [0.2, 0.25) is 0 Å². The number of hydrogen-bond donors (Lipinski definition) is 1. The predicted molar refractivity (Wildman–Crippen MR) is 107 cm³/mol. The average Bonchev–Trinajstić information content (AvgIpc) is 3.39. The lowest BCUT2D eigenvalue weighted by atomic mass is 10.3. The Balaban J connectivity index is 1.26. The number of halogens is 2. The third kappa shape index (κ3) is 4.80. The largest absolute Gasteiger partial charge is 0.334 e. The van der Waals surface area contributed by atoms with E-state index in [1.807, 2.05) is 0 Å². The van der Waals surface area contributed by atoms with Crippen LogP contribution in [-0.2, 0) is 13.1 Å². The van der Waals surface area contributed by atoms with Crippen LogP contribution in [0.25, 0.3) is 5.69 Å². The second-order valence-electron chi connectivity index (χ2n) is 6.89. The molecule has 1 saturated heterocycles. The molecule has 1 fully saturated rings. The Morgan fingerprint density at radius 3 is 2.72 bits per heavy atom. The number of aromatic nitrogens is 2. The fourth-order valence-corrected chi connectivity index (χ4v) is 4.02. The highest BCUT2D eigenvalue weighted by Gasteiger charge is 2.21. The number of amides is 2. The van der Waals surface area contributed by atoms with E-state index in [0.29, 0.717) is 13.1 Å². The van der Waals surface area contributed by atoms with Crippen molar-refractivity contribution >= 4 is 17.4 Å². The summed E-state index contributed by atoms with van der Waals surface area (Å²) < 4.78 is 28.3. The first kappa shape index (κ1) is 19.5. The van der Waals surface area contributed by atoms with E-state index in [-0.39, 0.29) is 18.3 Å². The molecular formula is C20H21F2N5OS. The Morgan fingerprint density at radius 1 is 1.17 bits per heavy atom. The topological polar surface area (TPSA) is 53.4 Å². The summed E-state index contributed by atoms with van der Waals surface area (Å²) in [6.45, 7) is 4.25. The first-order valence-corrected chi connectivity index (χ1v) is 10.2. The second-order valence-corrected chi connectivity index (χ2v) is 7.92. The fraction of sp³-hybridized carbons (Fsp3) is 0.300. The molecule has 1 N–H and O–H groups in total. The first-order chi connectivity index (χ1) is 14.1. The van der Waals surface area contributed by atoms with Crippen molar-refractivity contribution in [2.75, 3.05) is 26.2 Å². The minimum absolute atomic E-state index is 0.124. The fourth-order valence-electron chi connectivity index (χ4n) is 3.27. The lowest BCUT2D eigenvalue weighted by Crippen LogP contribution is -2.51. The smallest absolute Gasteiger partial charge is 0.317 e. The van der Waals surface area contributed by atoms with Crippen LogP contribution < -0.4 is 5.32 Å². The van der Waals surface area contributed by atoms with E-state index < -0.39 is 11.6 Å². The van der Waals surface area contributed by atoms with Gasteiger partial charge in [0.1, 0.15) is 11.5 Å². The Bertz CT molecular complexity index is 967. The summed E-state index contributed by atoms with van der Waals surface area (Å²) in [5, 5.41) is 9.05. The van der Waals surface area contributed by atoms with Crippen molar-refractivity contribution in [2.24, 2.45) is 0 Å². The molecule has 3 aromatic rings. The van der Waals surface area contributed by atoms with Gasteiger partial charge in [0.25, 0.3) is 0 Å². The predicted octanol–water partition coefficient (Wildman–Crippen LogP) is 3.24. The Morgan fingerprint density at radius 2 is 2.00 bits per heavy atom. The number of hydrogen-bond acceptors (Lipinski definition) is 4. The molecule has 0 bridgehead atoms. The molecule has 3 heterocycles. The van der Waals surface area contributed by atoms with E-state index in [2.05, 4.69) is 32.8 Å². The molecule has 152 valence electrons. The number of nitrogens with one attached hydrogen (secondary N) is 1. The van der Waals surface area contributed by atoms with Crippen LogP contribution in [0, 0.1) is 11.6 Å². The van der Waals surface area contributed by atoms with Crippen molar-refractivity contribution in [3.05, 3.63) is 70.2 Å². The van der Waals surface area contributed by atoms with Gasteiger partial charge >= 0.3 is 6.03 Å². The summed E-state index contributed by atoms with van der Waals surface area (Å²) in [5.41, 5.74) is 0.893. The number of rotatable bonds is 5. The van der Waals surface area contributed by atoms with Gasteiger partial charge in [-0.15, -0.1) is 11.3 Å². The molecule has 0 atom stereocenters. The minimum Gasteiger partial charge on any atom is -0.334 e. The van der Waals surface area contributed by atoms with Crippen LogP contribution in [0.2, 0.25) is 0 Å². The summed E-state index contributed by atoms with van der Waals surface area (Å²) in [4.78, 5) is 17.9. The third-order valence-electron chi connectivity index (χ3n) is 4.86. The lowest BCUT2D eigenvalue weighted by Gasteiger charge is -2.34. The van der Waals surface area contributed by atoms with Gasteiger partial charge in [-0.1, -0.05) is 6.07 Å². The van der Waals surface area contributed by atoms with Gasteiger partial charge in [-0.2, -0.15) is 5.10 Å². The van der Waals surface area contributed by atoms with Crippen molar-refractivity contribution in [1.82, 2.24) is 24.9 Å². The molecule has 2 amide bonds. The Kier molecular flexibility index (Phi) is 5.86. The highest BCUT2D eigenvalue weighted by atomic mass is 32.1. The molecule has 0 saturated carbocycles. The molecule has 0 spiro atoms. The number of carbonyl (C=O) groups is 1. The van der Waals surface area contributed by atoms with E-state index in [0.717, 1.165) is 31.3 Å². The zero-order valence-electron chi connectivity index (χ0n) is 15.7. The highest BCUT2D eigenvalue weighted by molar-refractivity contribution is 7.09. The normalized spacial score (nSPS) is 14.9. The van der Waals surface area contributed by atoms with Crippen LogP contribution in [0.1, 0.15) is 10.4 Å². The Hall–Kier alpha value is -2.78. The highest BCUT2D eigenvalue weighted by Crippen LogP contribution is 2.15. The maximum absolute atomic E-state index is 13.9. The van der Waals surface area contributed by atoms with Crippen LogP contribution in [0.15, 0.2) is 48.1 Å². The van der Waals surface area contributed by atoms with Gasteiger partial charge in [-0.05, 0) is 23.6 Å². The Labute approximate surface area is 171 Å². The van der Waals surface area contributed by atoms with Gasteiger partial charge in [0.05, 0.1) is 6.20 Å². The van der Waals surface area contributed by atoms with Crippen LogP contribution in [-0.4, -0.2) is 51.8 Å². The van der Waals surface area contributed by atoms with E-state index in [4.69, 9.17) is 0 Å². The van der Waals surface area contributed by atoms with Gasteiger partial charge < -0.3 is 10.2 Å². The summed E-state index contributed by atoms with van der Waals surface area (Å²) in [6, 6.07) is 7.38. The molecular weight excluding hydrogens is 396 g/mol. The summed E-state index contributed by atoms with van der Waals surface area (Å²) in [6.07, 6.45) is 3.18. The lowest BCUT2D eigenvalue weighted by molar-refractivity contribution is 0.135. The number of nitrogens with zero attached hydrogens (tertiary/aromatic N) is 4. The molecule has 9 heteroatoms. The average molecular weight is 417 g/mol. The number of piperazine rings is 1. The molecule has 29 heavy (non-hydrogen) atoms. The van der Waals surface area contributed by atoms with Gasteiger partial charge in [0, 0.05) is 62.0 Å². The zero-order valence-corrected chi connectivity index (χ0v) is 16.5. The summed E-state index contributed by atoms with van der Waals surface area (Å²) >= 11 is 1.75. The van der Waals surface area contributed by atoms with E-state index >= 15 is 0 Å². The zero-order chi connectivity index (χ0) is 20.2. The molecule has 1 aliphatic heterocycles. The van der Waals surface area contributed by atoms with Crippen LogP contribution >= 0.6 is 11.3 Å². The van der Waals surface area contributed by atoms with Crippen molar-refractivity contribution in [3.8, 4) is 5.69 Å². The van der Waals surface area contributed by atoms with Gasteiger partial charge in [-0.25, -0.2) is 18.3 Å². The van der Waals surface area contributed by atoms with E-state index in [1.165, 1.54) is 21.7 Å². The van der Waals surface area contributed by atoms with Gasteiger partial charge in [0.15, 0.2) is 5.82 Å². The molecule has 4 rings (SSSR count). The summed E-state index contributed by atoms with van der Waals surface area (Å²) in [7, 11) is 0. The molecule has 2 aromatic heterocycles. The van der Waals surface area contributed by atoms with Gasteiger partial charge in [-0.3, -0.25) is 4.90 Å². The second kappa shape index (κ2) is 8.71. The molecule has 0 radical (unpaired) electrons. The quantitative estimate of drug-likeness (QED) is 0.694. The molecule has 0 unspecified atom stereocenters. The molecule has 1 aliphatic rings. The number of urea groups is 1. The minimum atomic E-state index is -0.691. The van der Waals surface area contributed by atoms with E-state index in [1.54, 1.807) is 28.6 Å². The maximum Gasteiger partial charge on any atom is 0.317 e. The van der Waals surface area contributed by atoms with Crippen LogP contribution in [0.4, 0.5) is 13.6 Å².